The molecule has 5 N–H and O–H groups in total. The molecule has 0 bridgehead atoms. The minimum absolute atomic E-state index is 0.450. The largest absolute Gasteiger partial charge is 0.504 e. The average molecular weight is 286 g/mol. The van der Waals surface area contributed by atoms with Crippen molar-refractivity contribution < 1.29 is 44.7 Å². The molecule has 0 radical (unpaired) electrons. The number of rotatable bonds is 5. The third kappa shape index (κ3) is 3.51. The number of esters is 1. The van der Waals surface area contributed by atoms with Crippen molar-refractivity contribution in [1.82, 2.24) is 0 Å². The maximum Gasteiger partial charge on any atom is 0.345 e. The van der Waals surface area contributed by atoms with Crippen LogP contribution < -0.4 is 0 Å². The van der Waals surface area contributed by atoms with Crippen molar-refractivity contribution in [3.05, 3.63) is 17.7 Å². The number of hydrogen-bond acceptors (Lipinski definition) is 7. The number of carbonyl (C=O) groups is 3. The zero-order valence-electron chi connectivity index (χ0n) is 9.81. The standard InChI is InChI=1S/C11H10O9/c12-5-1-4(2-6(13)9(5)16)11(19)20-7(10(17)18)3-8(14)15/h1-2,7,12-13,16H,3H2,(H,14,15)(H,17,18)/t7-/m1/s1. The highest BCUT2D eigenvalue weighted by molar-refractivity contribution is 5.93. The maximum atomic E-state index is 11.6. The molecule has 1 atom stereocenters. The molecule has 1 aromatic carbocycles. The third-order valence-corrected chi connectivity index (χ3v) is 2.19. The summed E-state index contributed by atoms with van der Waals surface area (Å²) in [7, 11) is 0. The summed E-state index contributed by atoms with van der Waals surface area (Å²) in [5, 5.41) is 44.6. The molecular formula is C11H10O9. The van der Waals surface area contributed by atoms with Gasteiger partial charge in [0.05, 0.1) is 12.0 Å². The second-order valence-corrected chi connectivity index (χ2v) is 3.69. The lowest BCUT2D eigenvalue weighted by Gasteiger charge is -2.12. The smallest absolute Gasteiger partial charge is 0.345 e. The highest BCUT2D eigenvalue weighted by atomic mass is 16.6. The fourth-order valence-electron chi connectivity index (χ4n) is 1.26. The summed E-state index contributed by atoms with van der Waals surface area (Å²) in [6, 6.07) is 1.47. The Hall–Kier alpha value is -2.97. The monoisotopic (exact) mass is 286 g/mol. The van der Waals surface area contributed by atoms with Crippen molar-refractivity contribution in [2.45, 2.75) is 12.5 Å². The van der Waals surface area contributed by atoms with Gasteiger partial charge < -0.3 is 30.3 Å². The van der Waals surface area contributed by atoms with Crippen molar-refractivity contribution in [1.29, 1.82) is 0 Å². The number of carboxylic acids is 2. The summed E-state index contributed by atoms with van der Waals surface area (Å²) < 4.78 is 4.44. The number of phenolic OH excluding ortho intramolecular Hbond substituents is 3. The SMILES string of the molecule is O=C(O)C[C@@H](OC(=O)c1cc(O)c(O)c(O)c1)C(=O)O. The second-order valence-electron chi connectivity index (χ2n) is 3.69. The van der Waals surface area contributed by atoms with Crippen LogP contribution in [0.4, 0.5) is 0 Å². The molecule has 0 unspecified atom stereocenters. The van der Waals surface area contributed by atoms with Gasteiger partial charge in [-0.3, -0.25) is 4.79 Å². The van der Waals surface area contributed by atoms with Crippen molar-refractivity contribution in [2.75, 3.05) is 0 Å². The molecule has 0 aromatic heterocycles. The van der Waals surface area contributed by atoms with Crippen molar-refractivity contribution in [3.63, 3.8) is 0 Å². The van der Waals surface area contributed by atoms with E-state index in [1.54, 1.807) is 0 Å². The summed E-state index contributed by atoms with van der Waals surface area (Å²) in [5.41, 5.74) is -0.450. The topological polar surface area (TPSA) is 162 Å². The number of carbonyl (C=O) groups excluding carboxylic acids is 1. The van der Waals surface area contributed by atoms with Crippen molar-refractivity contribution >= 4 is 17.9 Å². The van der Waals surface area contributed by atoms with E-state index < -0.39 is 53.2 Å². The molecule has 0 aliphatic rings. The first kappa shape index (κ1) is 15.1. The summed E-state index contributed by atoms with van der Waals surface area (Å²) in [6.45, 7) is 0. The first-order chi connectivity index (χ1) is 9.22. The van der Waals surface area contributed by atoms with Gasteiger partial charge in [-0.1, -0.05) is 0 Å². The summed E-state index contributed by atoms with van der Waals surface area (Å²) in [5.74, 6) is -6.91. The lowest BCUT2D eigenvalue weighted by Crippen LogP contribution is -2.29. The summed E-state index contributed by atoms with van der Waals surface area (Å²) >= 11 is 0. The average Bonchev–Trinajstić information content (AvgIpc) is 2.33. The molecule has 0 heterocycles. The molecule has 0 aliphatic heterocycles. The molecule has 0 saturated heterocycles. The Labute approximate surface area is 111 Å². The molecule has 1 aromatic rings. The van der Waals surface area contributed by atoms with Crippen LogP contribution in [0.1, 0.15) is 16.8 Å². The van der Waals surface area contributed by atoms with Crippen LogP contribution in [-0.4, -0.2) is 49.5 Å². The van der Waals surface area contributed by atoms with Crippen molar-refractivity contribution in [3.8, 4) is 17.2 Å². The Morgan fingerprint density at radius 2 is 1.55 bits per heavy atom. The van der Waals surface area contributed by atoms with Gasteiger partial charge >= 0.3 is 17.9 Å². The number of aromatic hydroxyl groups is 3. The quantitative estimate of drug-likeness (QED) is 0.367. The number of hydrogen-bond donors (Lipinski definition) is 5. The normalized spacial score (nSPS) is 11.6. The molecular weight excluding hydrogens is 276 g/mol. The lowest BCUT2D eigenvalue weighted by molar-refractivity contribution is -0.153. The third-order valence-electron chi connectivity index (χ3n) is 2.19. The lowest BCUT2D eigenvalue weighted by atomic mass is 10.2. The van der Waals surface area contributed by atoms with Crippen LogP contribution in [0.5, 0.6) is 17.2 Å². The second kappa shape index (κ2) is 5.78. The van der Waals surface area contributed by atoms with E-state index in [2.05, 4.69) is 4.74 Å². The van der Waals surface area contributed by atoms with Gasteiger partial charge in [0.25, 0.3) is 0 Å². The van der Waals surface area contributed by atoms with Crippen LogP contribution >= 0.6 is 0 Å². The highest BCUT2D eigenvalue weighted by Gasteiger charge is 2.26. The Morgan fingerprint density at radius 1 is 1.05 bits per heavy atom. The molecule has 0 fully saturated rings. The first-order valence-corrected chi connectivity index (χ1v) is 5.13. The summed E-state index contributed by atoms with van der Waals surface area (Å²) in [4.78, 5) is 32.7. The van der Waals surface area contributed by atoms with Crippen LogP contribution in [-0.2, 0) is 14.3 Å². The number of ether oxygens (including phenoxy) is 1. The predicted octanol–water partition coefficient (Wildman–Crippen LogP) is -0.112. The van der Waals surface area contributed by atoms with Crippen LogP contribution in [0.3, 0.4) is 0 Å². The van der Waals surface area contributed by atoms with Crippen LogP contribution in [0.15, 0.2) is 12.1 Å². The van der Waals surface area contributed by atoms with Gasteiger partial charge in [-0.25, -0.2) is 9.59 Å². The number of phenols is 3. The van der Waals surface area contributed by atoms with Gasteiger partial charge in [0, 0.05) is 0 Å². The van der Waals surface area contributed by atoms with Crippen molar-refractivity contribution in [2.24, 2.45) is 0 Å². The van der Waals surface area contributed by atoms with Gasteiger partial charge in [-0.2, -0.15) is 0 Å². The zero-order chi connectivity index (χ0) is 15.4. The molecule has 9 nitrogen and oxygen atoms in total. The number of benzene rings is 1. The molecule has 108 valence electrons. The molecule has 0 saturated carbocycles. The molecule has 0 spiro atoms. The van der Waals surface area contributed by atoms with Gasteiger partial charge in [0.2, 0.25) is 6.10 Å². The molecule has 1 rings (SSSR count). The van der Waals surface area contributed by atoms with E-state index in [1.807, 2.05) is 0 Å². The Kier molecular flexibility index (Phi) is 4.36. The maximum absolute atomic E-state index is 11.6. The van der Waals surface area contributed by atoms with E-state index in [9.17, 15) is 24.6 Å². The first-order valence-electron chi connectivity index (χ1n) is 5.13. The number of aliphatic carboxylic acids is 2. The molecule has 9 heteroatoms. The summed E-state index contributed by atoms with van der Waals surface area (Å²) in [6.07, 6.45) is -2.87. The molecule has 0 aliphatic carbocycles. The van der Waals surface area contributed by atoms with Crippen LogP contribution in [0, 0.1) is 0 Å². The Bertz CT molecular complexity index is 540. The fourth-order valence-corrected chi connectivity index (χ4v) is 1.26. The molecule has 0 amide bonds. The van der Waals surface area contributed by atoms with Gasteiger partial charge in [-0.15, -0.1) is 0 Å². The van der Waals surface area contributed by atoms with E-state index in [0.29, 0.717) is 0 Å². The van der Waals surface area contributed by atoms with E-state index in [4.69, 9.17) is 15.3 Å². The van der Waals surface area contributed by atoms with E-state index >= 15 is 0 Å². The van der Waals surface area contributed by atoms with Gasteiger partial charge in [0.1, 0.15) is 0 Å². The van der Waals surface area contributed by atoms with E-state index in [0.717, 1.165) is 12.1 Å². The minimum atomic E-state index is -1.92. The van der Waals surface area contributed by atoms with E-state index in [-0.39, 0.29) is 0 Å². The predicted molar refractivity (Wildman–Crippen MR) is 60.5 cm³/mol. The Morgan fingerprint density at radius 3 is 1.95 bits per heavy atom. The van der Waals surface area contributed by atoms with Gasteiger partial charge in [-0.05, 0) is 12.1 Å². The van der Waals surface area contributed by atoms with Crippen LogP contribution in [0.2, 0.25) is 0 Å². The highest BCUT2D eigenvalue weighted by Crippen LogP contribution is 2.35. The minimum Gasteiger partial charge on any atom is -0.504 e. The van der Waals surface area contributed by atoms with E-state index in [1.165, 1.54) is 0 Å². The van der Waals surface area contributed by atoms with Gasteiger partial charge in [0.15, 0.2) is 17.2 Å². The zero-order valence-corrected chi connectivity index (χ0v) is 9.81. The number of carboxylic acid groups (broad SMARTS) is 2. The molecule has 20 heavy (non-hydrogen) atoms. The Balaban J connectivity index is 2.95. The van der Waals surface area contributed by atoms with Crippen LogP contribution in [0.25, 0.3) is 0 Å². The fraction of sp³-hybridized carbons (Fsp3) is 0.182.